The SMILES string of the molecule is C#C.C/C=C\C.CC[C@H](C)n1cnc2c(NCCC3=CNCC(C)=C3)nc(-c3cncc(C)c3)nc21. The van der Waals surface area contributed by atoms with Crippen molar-refractivity contribution in [1.29, 1.82) is 0 Å². The van der Waals surface area contributed by atoms with Gasteiger partial charge in [-0.1, -0.05) is 30.7 Å². The Bertz CT molecular complexity index is 1230. The number of nitrogens with one attached hydrogen (secondary N) is 2. The predicted molar refractivity (Wildman–Crippen MR) is 152 cm³/mol. The monoisotopic (exact) mass is 485 g/mol. The van der Waals surface area contributed by atoms with Crippen LogP contribution >= 0.6 is 0 Å². The van der Waals surface area contributed by atoms with Crippen LogP contribution in [0, 0.1) is 19.8 Å². The number of dihydropyridines is 1. The fourth-order valence-electron chi connectivity index (χ4n) is 3.59. The molecule has 0 aliphatic carbocycles. The van der Waals surface area contributed by atoms with Gasteiger partial charge < -0.3 is 15.2 Å². The van der Waals surface area contributed by atoms with Crippen LogP contribution in [0.5, 0.6) is 0 Å². The number of allylic oxidation sites excluding steroid dienone is 3. The van der Waals surface area contributed by atoms with Gasteiger partial charge in [-0.15, -0.1) is 12.8 Å². The van der Waals surface area contributed by atoms with E-state index in [-0.39, 0.29) is 0 Å². The van der Waals surface area contributed by atoms with Gasteiger partial charge in [0.15, 0.2) is 17.3 Å². The smallest absolute Gasteiger partial charge is 0.166 e. The summed E-state index contributed by atoms with van der Waals surface area (Å²) in [5, 5.41) is 6.81. The molecular weight excluding hydrogens is 446 g/mol. The first kappa shape index (κ1) is 28.3. The van der Waals surface area contributed by atoms with Gasteiger partial charge in [-0.3, -0.25) is 4.98 Å². The summed E-state index contributed by atoms with van der Waals surface area (Å²) in [6, 6.07) is 2.38. The van der Waals surface area contributed by atoms with Crippen LogP contribution in [-0.4, -0.2) is 37.6 Å². The van der Waals surface area contributed by atoms with Crippen molar-refractivity contribution >= 4 is 17.0 Å². The van der Waals surface area contributed by atoms with Crippen molar-refractivity contribution in [3.8, 4) is 24.2 Å². The molecule has 0 spiro atoms. The van der Waals surface area contributed by atoms with Gasteiger partial charge in [0, 0.05) is 37.1 Å². The normalized spacial score (nSPS) is 13.4. The predicted octanol–water partition coefficient (Wildman–Crippen LogP) is 6.23. The minimum absolute atomic E-state index is 0.313. The Kier molecular flexibility index (Phi) is 11.4. The van der Waals surface area contributed by atoms with Gasteiger partial charge in [-0.25, -0.2) is 15.0 Å². The number of pyridine rings is 1. The lowest BCUT2D eigenvalue weighted by Crippen LogP contribution is -2.15. The zero-order chi connectivity index (χ0) is 26.5. The summed E-state index contributed by atoms with van der Waals surface area (Å²) in [5.74, 6) is 1.43. The molecule has 0 amide bonds. The van der Waals surface area contributed by atoms with Gasteiger partial charge in [0.2, 0.25) is 0 Å². The quantitative estimate of drug-likeness (QED) is 0.305. The number of anilines is 1. The summed E-state index contributed by atoms with van der Waals surface area (Å²) in [7, 11) is 0. The van der Waals surface area contributed by atoms with Crippen molar-refractivity contribution in [2.45, 2.75) is 60.4 Å². The summed E-state index contributed by atoms with van der Waals surface area (Å²) in [5.41, 5.74) is 6.28. The van der Waals surface area contributed by atoms with Gasteiger partial charge in [-0.2, -0.15) is 0 Å². The molecule has 36 heavy (non-hydrogen) atoms. The fraction of sp³-hybridized carbons (Fsp3) is 0.379. The maximum atomic E-state index is 4.86. The van der Waals surface area contributed by atoms with Crippen molar-refractivity contribution in [3.63, 3.8) is 0 Å². The lowest BCUT2D eigenvalue weighted by Gasteiger charge is -2.14. The van der Waals surface area contributed by atoms with E-state index in [1.807, 2.05) is 51.6 Å². The molecule has 1 aliphatic heterocycles. The molecule has 3 aromatic rings. The highest BCUT2D eigenvalue weighted by Gasteiger charge is 2.17. The third kappa shape index (κ3) is 7.54. The van der Waals surface area contributed by atoms with Gasteiger partial charge >= 0.3 is 0 Å². The Balaban J connectivity index is 0.000000694. The van der Waals surface area contributed by atoms with Crippen LogP contribution in [-0.2, 0) is 0 Å². The minimum Gasteiger partial charge on any atom is -0.387 e. The molecule has 7 nitrogen and oxygen atoms in total. The molecule has 1 aliphatic rings. The Labute approximate surface area is 215 Å². The molecule has 7 heteroatoms. The lowest BCUT2D eigenvalue weighted by molar-refractivity contribution is 0.541. The van der Waals surface area contributed by atoms with Gasteiger partial charge in [-0.05, 0) is 70.9 Å². The van der Waals surface area contributed by atoms with Crippen LogP contribution in [0.3, 0.4) is 0 Å². The van der Waals surface area contributed by atoms with Crippen molar-refractivity contribution < 1.29 is 0 Å². The van der Waals surface area contributed by atoms with Gasteiger partial charge in [0.25, 0.3) is 0 Å². The van der Waals surface area contributed by atoms with E-state index in [0.717, 1.165) is 54.0 Å². The standard InChI is InChI=1S/C23H29N7.C4H8.C2H2/c1-5-17(4)30-14-27-20-22(26-7-6-18-8-15(2)10-24-12-18)28-21(29-23(20)30)19-9-16(3)11-25-13-19;1-3-4-2;1-2/h8-9,11-14,17,24H,5-7,10H2,1-4H3,(H,26,28,29);3-4H,1-2H3;1-2H/b;4-3-;/t17-;;/m0../s1. The van der Waals surface area contributed by atoms with Crippen LogP contribution in [0.2, 0.25) is 0 Å². The summed E-state index contributed by atoms with van der Waals surface area (Å²) >= 11 is 0. The highest BCUT2D eigenvalue weighted by atomic mass is 15.2. The zero-order valence-corrected chi connectivity index (χ0v) is 22.4. The fourth-order valence-corrected chi connectivity index (χ4v) is 3.59. The number of aromatic nitrogens is 5. The molecule has 1 atom stereocenters. The lowest BCUT2D eigenvalue weighted by atomic mass is 10.1. The first-order chi connectivity index (χ1) is 17.5. The number of hydrogen-bond acceptors (Lipinski definition) is 6. The van der Waals surface area contributed by atoms with Crippen molar-refractivity contribution in [2.75, 3.05) is 18.4 Å². The van der Waals surface area contributed by atoms with E-state index in [4.69, 9.17) is 9.97 Å². The van der Waals surface area contributed by atoms with E-state index in [9.17, 15) is 0 Å². The van der Waals surface area contributed by atoms with E-state index < -0.39 is 0 Å². The van der Waals surface area contributed by atoms with Crippen LogP contribution in [0.15, 0.2) is 60.4 Å². The largest absolute Gasteiger partial charge is 0.387 e. The maximum absolute atomic E-state index is 4.86. The van der Waals surface area contributed by atoms with Crippen LogP contribution < -0.4 is 10.6 Å². The average molecular weight is 486 g/mol. The van der Waals surface area contributed by atoms with E-state index in [1.54, 1.807) is 0 Å². The third-order valence-corrected chi connectivity index (χ3v) is 5.76. The summed E-state index contributed by atoms with van der Waals surface area (Å²) in [6.45, 7) is 14.2. The molecule has 4 heterocycles. The highest BCUT2D eigenvalue weighted by molar-refractivity contribution is 5.85. The van der Waals surface area contributed by atoms with Crippen LogP contribution in [0.4, 0.5) is 5.82 Å². The number of hydrogen-bond donors (Lipinski definition) is 2. The van der Waals surface area contributed by atoms with Gasteiger partial charge in [0.05, 0.1) is 6.33 Å². The molecule has 0 aromatic carbocycles. The zero-order valence-electron chi connectivity index (χ0n) is 22.4. The second-order valence-electron chi connectivity index (χ2n) is 8.66. The molecule has 0 radical (unpaired) electrons. The Morgan fingerprint density at radius 2 is 1.92 bits per heavy atom. The molecule has 3 aromatic heterocycles. The molecule has 0 unspecified atom stereocenters. The second-order valence-corrected chi connectivity index (χ2v) is 8.66. The molecule has 0 saturated heterocycles. The van der Waals surface area contributed by atoms with Crippen LogP contribution in [0.25, 0.3) is 22.6 Å². The number of rotatable bonds is 7. The van der Waals surface area contributed by atoms with Crippen molar-refractivity contribution in [1.82, 2.24) is 29.8 Å². The minimum atomic E-state index is 0.313. The summed E-state index contributed by atoms with van der Waals surface area (Å²) in [6.07, 6.45) is 23.8. The Morgan fingerprint density at radius 3 is 2.56 bits per heavy atom. The number of fused-ring (bicyclic) bond motifs is 1. The Morgan fingerprint density at radius 1 is 1.17 bits per heavy atom. The second kappa shape index (κ2) is 14.5. The molecule has 190 valence electrons. The maximum Gasteiger partial charge on any atom is 0.166 e. The molecule has 4 rings (SSSR count). The van der Waals surface area contributed by atoms with E-state index in [2.05, 4.69) is 77.1 Å². The molecular formula is C29H39N7. The third-order valence-electron chi connectivity index (χ3n) is 5.76. The molecule has 0 fully saturated rings. The summed E-state index contributed by atoms with van der Waals surface area (Å²) in [4.78, 5) is 18.6. The average Bonchev–Trinajstić information content (AvgIpc) is 3.34. The van der Waals surface area contributed by atoms with Crippen molar-refractivity contribution in [3.05, 3.63) is 65.9 Å². The molecule has 0 saturated carbocycles. The first-order valence-electron chi connectivity index (χ1n) is 12.4. The van der Waals surface area contributed by atoms with E-state index in [1.165, 1.54) is 11.1 Å². The number of imidazole rings is 1. The molecule has 2 N–H and O–H groups in total. The van der Waals surface area contributed by atoms with Gasteiger partial charge in [0.1, 0.15) is 5.52 Å². The number of terminal acetylenes is 1. The van der Waals surface area contributed by atoms with E-state index in [0.29, 0.717) is 11.9 Å². The number of nitrogens with zero attached hydrogens (tertiary/aromatic N) is 5. The van der Waals surface area contributed by atoms with Crippen LogP contribution in [0.1, 0.15) is 59.1 Å². The molecule has 0 bridgehead atoms. The first-order valence-corrected chi connectivity index (χ1v) is 12.4. The Hall–Kier alpha value is -3.92. The van der Waals surface area contributed by atoms with Crippen molar-refractivity contribution in [2.24, 2.45) is 0 Å². The topological polar surface area (TPSA) is 80.5 Å². The number of aryl methyl sites for hydroxylation is 1. The summed E-state index contributed by atoms with van der Waals surface area (Å²) < 4.78 is 2.13. The highest BCUT2D eigenvalue weighted by Crippen LogP contribution is 2.27. The van der Waals surface area contributed by atoms with E-state index >= 15 is 0 Å².